The number of methoxy groups -OCH3 is 2. The molecule has 2 rings (SSSR count). The zero-order valence-corrected chi connectivity index (χ0v) is 11.0. The number of pyridine rings is 1. The molecule has 1 N–H and O–H groups in total. The van der Waals surface area contributed by atoms with Crippen LogP contribution in [0.25, 0.3) is 0 Å². The number of anilines is 1. The summed E-state index contributed by atoms with van der Waals surface area (Å²) < 4.78 is 22.9. The Balaban J connectivity index is 2.21. The summed E-state index contributed by atoms with van der Waals surface area (Å²) in [6.45, 7) is 0. The van der Waals surface area contributed by atoms with Gasteiger partial charge in [-0.3, -0.25) is 4.79 Å². The van der Waals surface area contributed by atoms with Gasteiger partial charge in [-0.15, -0.1) is 0 Å². The van der Waals surface area contributed by atoms with Crippen molar-refractivity contribution in [1.29, 1.82) is 0 Å². The Labute approximate surface area is 115 Å². The fourth-order valence-corrected chi connectivity index (χ4v) is 1.61. The predicted octanol–water partition coefficient (Wildman–Crippen LogP) is 2.49. The SMILES string of the molecule is COc1ccc(NC(=O)c2ccc(F)nc2)c(OC)c1. The maximum absolute atomic E-state index is 12.7. The molecule has 1 amide bonds. The smallest absolute Gasteiger partial charge is 0.257 e. The number of nitrogens with zero attached hydrogens (tertiary/aromatic N) is 1. The third kappa shape index (κ3) is 3.03. The lowest BCUT2D eigenvalue weighted by atomic mass is 10.2. The average Bonchev–Trinajstić information content (AvgIpc) is 2.48. The molecule has 0 atom stereocenters. The van der Waals surface area contributed by atoms with Gasteiger partial charge in [0.2, 0.25) is 5.95 Å². The van der Waals surface area contributed by atoms with Gasteiger partial charge >= 0.3 is 0 Å². The van der Waals surface area contributed by atoms with Crippen LogP contribution >= 0.6 is 0 Å². The maximum Gasteiger partial charge on any atom is 0.257 e. The highest BCUT2D eigenvalue weighted by Gasteiger charge is 2.11. The van der Waals surface area contributed by atoms with E-state index in [0.717, 1.165) is 6.07 Å². The molecule has 2 aromatic rings. The first-order valence-electron chi connectivity index (χ1n) is 5.79. The highest BCUT2D eigenvalue weighted by molar-refractivity contribution is 6.04. The Hall–Kier alpha value is -2.63. The van der Waals surface area contributed by atoms with Crippen molar-refractivity contribution in [2.75, 3.05) is 19.5 Å². The molecule has 0 spiro atoms. The quantitative estimate of drug-likeness (QED) is 0.871. The molecule has 5 nitrogen and oxygen atoms in total. The molecule has 6 heteroatoms. The van der Waals surface area contributed by atoms with E-state index in [0.29, 0.717) is 17.2 Å². The lowest BCUT2D eigenvalue weighted by Crippen LogP contribution is -2.13. The van der Waals surface area contributed by atoms with Gasteiger partial charge < -0.3 is 14.8 Å². The Morgan fingerprint density at radius 1 is 1.20 bits per heavy atom. The topological polar surface area (TPSA) is 60.5 Å². The van der Waals surface area contributed by atoms with Crippen molar-refractivity contribution in [3.63, 3.8) is 0 Å². The molecule has 0 saturated carbocycles. The summed E-state index contributed by atoms with van der Waals surface area (Å²) in [5.41, 5.74) is 0.742. The number of benzene rings is 1. The lowest BCUT2D eigenvalue weighted by molar-refractivity contribution is 0.102. The molecule has 1 aromatic carbocycles. The first-order chi connectivity index (χ1) is 9.63. The van der Waals surface area contributed by atoms with Crippen LogP contribution in [0.4, 0.5) is 10.1 Å². The zero-order valence-electron chi connectivity index (χ0n) is 11.0. The largest absolute Gasteiger partial charge is 0.497 e. The van der Waals surface area contributed by atoms with Crippen molar-refractivity contribution in [2.24, 2.45) is 0 Å². The van der Waals surface area contributed by atoms with Gasteiger partial charge in [0, 0.05) is 12.3 Å². The number of aromatic nitrogens is 1. The van der Waals surface area contributed by atoms with Crippen LogP contribution < -0.4 is 14.8 Å². The number of hydrogen-bond acceptors (Lipinski definition) is 4. The van der Waals surface area contributed by atoms with Gasteiger partial charge in [-0.05, 0) is 24.3 Å². The fourth-order valence-electron chi connectivity index (χ4n) is 1.61. The zero-order chi connectivity index (χ0) is 14.5. The van der Waals surface area contributed by atoms with Crippen LogP contribution in [0.5, 0.6) is 11.5 Å². The Kier molecular flexibility index (Phi) is 4.14. The monoisotopic (exact) mass is 276 g/mol. The second-order valence-electron chi connectivity index (χ2n) is 3.89. The van der Waals surface area contributed by atoms with E-state index < -0.39 is 11.9 Å². The number of nitrogens with one attached hydrogen (secondary N) is 1. The predicted molar refractivity (Wildman–Crippen MR) is 71.7 cm³/mol. The molecule has 0 aliphatic rings. The van der Waals surface area contributed by atoms with Crippen LogP contribution in [0.1, 0.15) is 10.4 Å². The molecule has 0 fully saturated rings. The lowest BCUT2D eigenvalue weighted by Gasteiger charge is -2.11. The molecule has 104 valence electrons. The second kappa shape index (κ2) is 6.01. The molecule has 1 heterocycles. The van der Waals surface area contributed by atoms with E-state index in [4.69, 9.17) is 9.47 Å². The summed E-state index contributed by atoms with van der Waals surface area (Å²) in [6.07, 6.45) is 1.17. The molecule has 0 bridgehead atoms. The molecular formula is C14H13FN2O3. The first kappa shape index (κ1) is 13.8. The number of rotatable bonds is 4. The summed E-state index contributed by atoms with van der Waals surface area (Å²) in [4.78, 5) is 15.4. The number of halogens is 1. The van der Waals surface area contributed by atoms with Gasteiger partial charge in [-0.1, -0.05) is 0 Å². The summed E-state index contributed by atoms with van der Waals surface area (Å²) in [5, 5.41) is 2.67. The summed E-state index contributed by atoms with van der Waals surface area (Å²) >= 11 is 0. The van der Waals surface area contributed by atoms with E-state index in [1.54, 1.807) is 18.2 Å². The second-order valence-corrected chi connectivity index (χ2v) is 3.89. The molecule has 0 saturated heterocycles. The first-order valence-corrected chi connectivity index (χ1v) is 5.79. The van der Waals surface area contributed by atoms with E-state index >= 15 is 0 Å². The van der Waals surface area contributed by atoms with Gasteiger partial charge in [0.05, 0.1) is 25.5 Å². The summed E-state index contributed by atoms with van der Waals surface area (Å²) in [5.74, 6) is 0.0422. The standard InChI is InChI=1S/C14H13FN2O3/c1-19-10-4-5-11(12(7-10)20-2)17-14(18)9-3-6-13(15)16-8-9/h3-8H,1-2H3,(H,17,18). The highest BCUT2D eigenvalue weighted by atomic mass is 19.1. The Bertz CT molecular complexity index is 614. The molecular weight excluding hydrogens is 263 g/mol. The maximum atomic E-state index is 12.7. The van der Waals surface area contributed by atoms with Crippen molar-refractivity contribution < 1.29 is 18.7 Å². The van der Waals surface area contributed by atoms with E-state index in [2.05, 4.69) is 10.3 Å². The van der Waals surface area contributed by atoms with Crippen LogP contribution in [0.2, 0.25) is 0 Å². The normalized spacial score (nSPS) is 9.95. The van der Waals surface area contributed by atoms with Crippen LogP contribution in [0, 0.1) is 5.95 Å². The van der Waals surface area contributed by atoms with Crippen molar-refractivity contribution in [3.8, 4) is 11.5 Å². The molecule has 1 aromatic heterocycles. The van der Waals surface area contributed by atoms with Gasteiger partial charge in [0.1, 0.15) is 11.5 Å². The minimum absolute atomic E-state index is 0.254. The number of carbonyl (C=O) groups is 1. The van der Waals surface area contributed by atoms with Gasteiger partial charge in [-0.25, -0.2) is 4.98 Å². The Morgan fingerprint density at radius 2 is 2.00 bits per heavy atom. The molecule has 0 radical (unpaired) electrons. The third-order valence-corrected chi connectivity index (χ3v) is 2.65. The number of amides is 1. The van der Waals surface area contributed by atoms with Crippen molar-refractivity contribution >= 4 is 11.6 Å². The molecule has 20 heavy (non-hydrogen) atoms. The highest BCUT2D eigenvalue weighted by Crippen LogP contribution is 2.29. The third-order valence-electron chi connectivity index (χ3n) is 2.65. The van der Waals surface area contributed by atoms with Crippen LogP contribution in [-0.4, -0.2) is 25.1 Å². The number of ether oxygens (including phenoxy) is 2. The molecule has 0 unspecified atom stereocenters. The van der Waals surface area contributed by atoms with Crippen molar-refractivity contribution in [2.45, 2.75) is 0 Å². The van der Waals surface area contributed by atoms with Gasteiger partial charge in [-0.2, -0.15) is 4.39 Å². The minimum atomic E-state index is -0.636. The molecule has 0 aliphatic carbocycles. The Morgan fingerprint density at radius 3 is 2.60 bits per heavy atom. The average molecular weight is 276 g/mol. The van der Waals surface area contributed by atoms with Crippen molar-refractivity contribution in [3.05, 3.63) is 48.0 Å². The van der Waals surface area contributed by atoms with E-state index in [-0.39, 0.29) is 5.56 Å². The van der Waals surface area contributed by atoms with Crippen LogP contribution in [-0.2, 0) is 0 Å². The van der Waals surface area contributed by atoms with Crippen molar-refractivity contribution in [1.82, 2.24) is 4.98 Å². The summed E-state index contributed by atoms with van der Waals surface area (Å²) in [6, 6.07) is 7.49. The fraction of sp³-hybridized carbons (Fsp3) is 0.143. The van der Waals surface area contributed by atoms with Crippen LogP contribution in [0.15, 0.2) is 36.5 Å². The van der Waals surface area contributed by atoms with Crippen LogP contribution in [0.3, 0.4) is 0 Å². The summed E-state index contributed by atoms with van der Waals surface area (Å²) in [7, 11) is 3.03. The van der Waals surface area contributed by atoms with E-state index in [1.165, 1.54) is 26.5 Å². The van der Waals surface area contributed by atoms with Gasteiger partial charge in [0.25, 0.3) is 5.91 Å². The van der Waals surface area contributed by atoms with E-state index in [9.17, 15) is 9.18 Å². The van der Waals surface area contributed by atoms with Gasteiger partial charge in [0.15, 0.2) is 0 Å². The number of hydrogen-bond donors (Lipinski definition) is 1. The van der Waals surface area contributed by atoms with E-state index in [1.807, 2.05) is 0 Å². The molecule has 0 aliphatic heterocycles. The number of carbonyl (C=O) groups excluding carboxylic acids is 1. The minimum Gasteiger partial charge on any atom is -0.497 e.